The van der Waals surface area contributed by atoms with Crippen LogP contribution in [0, 0.1) is 0 Å². The molecule has 0 spiro atoms. The first-order chi connectivity index (χ1) is 9.63. The van der Waals surface area contributed by atoms with E-state index in [-0.39, 0.29) is 18.6 Å². The summed E-state index contributed by atoms with van der Waals surface area (Å²) in [6, 6.07) is 9.58. The van der Waals surface area contributed by atoms with Gasteiger partial charge in [0.15, 0.2) is 0 Å². The van der Waals surface area contributed by atoms with Crippen LogP contribution in [0.5, 0.6) is 0 Å². The van der Waals surface area contributed by atoms with Crippen molar-refractivity contribution in [2.45, 2.75) is 32.7 Å². The van der Waals surface area contributed by atoms with Crippen molar-refractivity contribution in [3.63, 3.8) is 0 Å². The van der Waals surface area contributed by atoms with E-state index in [4.69, 9.17) is 4.74 Å². The average molecular weight is 273 g/mol. The molecule has 0 unspecified atom stereocenters. The Morgan fingerprint density at radius 2 is 2.10 bits per heavy atom. The van der Waals surface area contributed by atoms with E-state index in [1.807, 2.05) is 43.3 Å². The van der Waals surface area contributed by atoms with E-state index in [0.717, 1.165) is 12.0 Å². The molecule has 4 heteroatoms. The van der Waals surface area contributed by atoms with E-state index < -0.39 is 6.09 Å². The maximum absolute atomic E-state index is 12.3. The van der Waals surface area contributed by atoms with Gasteiger partial charge >= 0.3 is 6.09 Å². The summed E-state index contributed by atoms with van der Waals surface area (Å²) in [5, 5.41) is 0. The van der Waals surface area contributed by atoms with Crippen molar-refractivity contribution < 1.29 is 14.3 Å². The van der Waals surface area contributed by atoms with Gasteiger partial charge in [0.05, 0.1) is 6.04 Å². The number of benzene rings is 1. The standard InChI is InChI=1S/C16H19NO3/c1-3-7-12(2)15(18)17-14(11-20-16(17)19)10-13-8-5-4-6-9-13/h4-9,14H,3,10-11H2,1-2H3/t14-/m0/s1. The Hall–Kier alpha value is -2.10. The fraction of sp³-hybridized carbons (Fsp3) is 0.375. The molecule has 20 heavy (non-hydrogen) atoms. The molecule has 0 aromatic heterocycles. The number of ether oxygens (including phenoxy) is 1. The number of hydrogen-bond acceptors (Lipinski definition) is 3. The first-order valence-electron chi connectivity index (χ1n) is 6.84. The normalized spacial score (nSPS) is 19.1. The summed E-state index contributed by atoms with van der Waals surface area (Å²) in [4.78, 5) is 25.3. The van der Waals surface area contributed by atoms with Crippen LogP contribution >= 0.6 is 0 Å². The number of cyclic esters (lactones) is 1. The number of rotatable bonds is 4. The quantitative estimate of drug-likeness (QED) is 0.792. The lowest BCUT2D eigenvalue weighted by molar-refractivity contribution is -0.125. The SMILES string of the molecule is CCC=C(C)C(=O)N1C(=O)OC[C@@H]1Cc1ccccc1. The highest BCUT2D eigenvalue weighted by Crippen LogP contribution is 2.19. The number of hydrogen-bond donors (Lipinski definition) is 0. The zero-order valence-corrected chi connectivity index (χ0v) is 11.8. The molecular weight excluding hydrogens is 254 g/mol. The van der Waals surface area contributed by atoms with E-state index in [0.29, 0.717) is 12.0 Å². The molecule has 1 atom stereocenters. The molecular formula is C16H19NO3. The second-order valence-electron chi connectivity index (χ2n) is 4.89. The van der Waals surface area contributed by atoms with Gasteiger partial charge in [-0.3, -0.25) is 4.79 Å². The molecule has 1 aromatic rings. The van der Waals surface area contributed by atoms with Gasteiger partial charge in [-0.15, -0.1) is 0 Å². The van der Waals surface area contributed by atoms with Crippen LogP contribution in [0.15, 0.2) is 42.0 Å². The highest BCUT2D eigenvalue weighted by molar-refractivity contribution is 6.03. The minimum absolute atomic E-state index is 0.224. The van der Waals surface area contributed by atoms with E-state index in [2.05, 4.69) is 0 Å². The molecule has 0 aliphatic carbocycles. The molecule has 2 rings (SSSR count). The lowest BCUT2D eigenvalue weighted by Gasteiger charge is -2.20. The third kappa shape index (κ3) is 3.07. The summed E-state index contributed by atoms with van der Waals surface area (Å²) in [5.74, 6) is -0.254. The molecule has 2 amide bonds. The monoisotopic (exact) mass is 273 g/mol. The Bertz CT molecular complexity index is 522. The van der Waals surface area contributed by atoms with Gasteiger partial charge < -0.3 is 4.74 Å². The Morgan fingerprint density at radius 1 is 1.40 bits per heavy atom. The molecule has 0 N–H and O–H groups in total. The van der Waals surface area contributed by atoms with Crippen LogP contribution in [-0.2, 0) is 16.0 Å². The maximum atomic E-state index is 12.3. The largest absolute Gasteiger partial charge is 0.447 e. The highest BCUT2D eigenvalue weighted by atomic mass is 16.6. The van der Waals surface area contributed by atoms with Crippen molar-refractivity contribution in [3.8, 4) is 0 Å². The van der Waals surface area contributed by atoms with E-state index in [1.54, 1.807) is 6.92 Å². The molecule has 0 radical (unpaired) electrons. The molecule has 106 valence electrons. The summed E-state index contributed by atoms with van der Waals surface area (Å²) in [5.41, 5.74) is 1.68. The fourth-order valence-corrected chi connectivity index (χ4v) is 2.33. The number of carbonyl (C=O) groups excluding carboxylic acids is 2. The molecule has 1 aliphatic rings. The first-order valence-corrected chi connectivity index (χ1v) is 6.84. The zero-order valence-electron chi connectivity index (χ0n) is 11.8. The Labute approximate surface area is 119 Å². The molecule has 0 saturated carbocycles. The van der Waals surface area contributed by atoms with Crippen LogP contribution in [-0.4, -0.2) is 29.5 Å². The summed E-state index contributed by atoms with van der Waals surface area (Å²) in [6.45, 7) is 3.95. The lowest BCUT2D eigenvalue weighted by atomic mass is 10.1. The van der Waals surface area contributed by atoms with Gasteiger partial charge in [-0.25, -0.2) is 9.69 Å². The lowest BCUT2D eigenvalue weighted by Crippen LogP contribution is -2.40. The fourth-order valence-electron chi connectivity index (χ4n) is 2.33. The van der Waals surface area contributed by atoms with Gasteiger partial charge in [0.2, 0.25) is 0 Å². The van der Waals surface area contributed by atoms with E-state index in [1.165, 1.54) is 4.90 Å². The van der Waals surface area contributed by atoms with Crippen LogP contribution in [0.2, 0.25) is 0 Å². The average Bonchev–Trinajstić information content (AvgIpc) is 2.80. The number of imide groups is 1. The maximum Gasteiger partial charge on any atom is 0.417 e. The van der Waals surface area contributed by atoms with Crippen molar-refractivity contribution in [2.75, 3.05) is 6.61 Å². The predicted molar refractivity (Wildman–Crippen MR) is 76.2 cm³/mol. The van der Waals surface area contributed by atoms with Crippen molar-refractivity contribution in [1.29, 1.82) is 0 Å². The van der Waals surface area contributed by atoms with Crippen LogP contribution in [0.4, 0.5) is 4.79 Å². The van der Waals surface area contributed by atoms with Gasteiger partial charge in [0.1, 0.15) is 6.61 Å². The van der Waals surface area contributed by atoms with Crippen LogP contribution in [0.1, 0.15) is 25.8 Å². The molecule has 0 bridgehead atoms. The molecule has 1 saturated heterocycles. The third-order valence-electron chi connectivity index (χ3n) is 3.34. The summed E-state index contributed by atoms with van der Waals surface area (Å²) in [6.07, 6.45) is 2.68. The van der Waals surface area contributed by atoms with E-state index >= 15 is 0 Å². The second kappa shape index (κ2) is 6.37. The van der Waals surface area contributed by atoms with Crippen LogP contribution < -0.4 is 0 Å². The predicted octanol–water partition coefficient (Wildman–Crippen LogP) is 2.93. The zero-order chi connectivity index (χ0) is 14.5. The van der Waals surface area contributed by atoms with Gasteiger partial charge in [-0.05, 0) is 25.3 Å². The molecule has 1 heterocycles. The van der Waals surface area contributed by atoms with Crippen molar-refractivity contribution in [3.05, 3.63) is 47.5 Å². The Kier molecular flexibility index (Phi) is 4.56. The third-order valence-corrected chi connectivity index (χ3v) is 3.34. The first kappa shape index (κ1) is 14.3. The topological polar surface area (TPSA) is 46.6 Å². The van der Waals surface area contributed by atoms with Gasteiger partial charge in [-0.2, -0.15) is 0 Å². The second-order valence-corrected chi connectivity index (χ2v) is 4.89. The molecule has 1 aromatic carbocycles. The summed E-state index contributed by atoms with van der Waals surface area (Å²) in [7, 11) is 0. The Balaban J connectivity index is 2.15. The molecule has 1 aliphatic heterocycles. The Morgan fingerprint density at radius 3 is 2.75 bits per heavy atom. The van der Waals surface area contributed by atoms with Gasteiger partial charge in [-0.1, -0.05) is 43.3 Å². The van der Waals surface area contributed by atoms with Gasteiger partial charge in [0, 0.05) is 5.57 Å². The van der Waals surface area contributed by atoms with Crippen molar-refractivity contribution in [1.82, 2.24) is 4.90 Å². The van der Waals surface area contributed by atoms with Gasteiger partial charge in [0.25, 0.3) is 5.91 Å². The van der Waals surface area contributed by atoms with Crippen LogP contribution in [0.25, 0.3) is 0 Å². The van der Waals surface area contributed by atoms with Crippen molar-refractivity contribution >= 4 is 12.0 Å². The minimum Gasteiger partial charge on any atom is -0.447 e. The highest BCUT2D eigenvalue weighted by Gasteiger charge is 2.38. The van der Waals surface area contributed by atoms with E-state index in [9.17, 15) is 9.59 Å². The van der Waals surface area contributed by atoms with Crippen molar-refractivity contribution in [2.24, 2.45) is 0 Å². The molecule has 4 nitrogen and oxygen atoms in total. The number of nitrogens with zero attached hydrogens (tertiary/aromatic N) is 1. The molecule has 1 fully saturated rings. The number of carbonyl (C=O) groups is 2. The summed E-state index contributed by atoms with van der Waals surface area (Å²) >= 11 is 0. The summed E-state index contributed by atoms with van der Waals surface area (Å²) < 4.78 is 5.04. The number of amides is 2. The minimum atomic E-state index is -0.542. The van der Waals surface area contributed by atoms with Crippen LogP contribution in [0.3, 0.4) is 0 Å². The smallest absolute Gasteiger partial charge is 0.417 e. The number of allylic oxidation sites excluding steroid dienone is 1.